The van der Waals surface area contributed by atoms with E-state index in [1.165, 1.54) is 0 Å². The first kappa shape index (κ1) is 16.1. The van der Waals surface area contributed by atoms with Crippen molar-refractivity contribution in [3.05, 3.63) is 27.2 Å². The maximum absolute atomic E-state index is 10.4. The molecule has 1 heterocycles. The van der Waals surface area contributed by atoms with Gasteiger partial charge in [-0.2, -0.15) is 0 Å². The van der Waals surface area contributed by atoms with Gasteiger partial charge in [0, 0.05) is 42.3 Å². The first-order valence-electron chi connectivity index (χ1n) is 6.93. The predicted molar refractivity (Wildman–Crippen MR) is 87.5 cm³/mol. The summed E-state index contributed by atoms with van der Waals surface area (Å²) in [7, 11) is 0. The average molecular weight is 362 g/mol. The molecular weight excluding hydrogens is 340 g/mol. The largest absolute Gasteiger partial charge is 0.506 e. The Labute approximate surface area is 134 Å². The lowest BCUT2D eigenvalue weighted by atomic mass is 9.80. The molecular formula is C15H22BrClN2O. The van der Waals surface area contributed by atoms with Crippen molar-refractivity contribution in [2.75, 3.05) is 26.2 Å². The van der Waals surface area contributed by atoms with Gasteiger partial charge in [-0.15, -0.1) is 0 Å². The first-order chi connectivity index (χ1) is 9.30. The Hall–Kier alpha value is -0.290. The number of phenolic OH excluding ortho intramolecular Hbond substituents is 1. The maximum Gasteiger partial charge on any atom is 0.139 e. The van der Waals surface area contributed by atoms with E-state index in [1.54, 1.807) is 6.07 Å². The molecule has 1 aromatic carbocycles. The second kappa shape index (κ2) is 6.22. The number of rotatable bonds is 2. The third-order valence-electron chi connectivity index (χ3n) is 3.69. The standard InChI is InChI=1S/C15H22BrClN2O/c1-15(2,3)14(19-6-4-18-5-7-19)11-8-10(16)9-12(17)13(11)20/h8-9,14,18,20H,4-7H2,1-3H3/t14-/m1/s1. The number of hydrogen-bond donors (Lipinski definition) is 2. The molecule has 0 bridgehead atoms. The van der Waals surface area contributed by atoms with Gasteiger partial charge in [-0.05, 0) is 17.5 Å². The van der Waals surface area contributed by atoms with Gasteiger partial charge in [0.1, 0.15) is 5.75 Å². The number of benzene rings is 1. The molecule has 1 aromatic rings. The van der Waals surface area contributed by atoms with Crippen molar-refractivity contribution in [2.45, 2.75) is 26.8 Å². The molecule has 0 amide bonds. The van der Waals surface area contributed by atoms with Gasteiger partial charge in [0.2, 0.25) is 0 Å². The van der Waals surface area contributed by atoms with E-state index in [-0.39, 0.29) is 17.2 Å². The molecule has 1 aliphatic heterocycles. The average Bonchev–Trinajstić information content (AvgIpc) is 2.35. The SMILES string of the molecule is CC(C)(C)[C@@H](c1cc(Br)cc(Cl)c1O)N1CCNCC1. The summed E-state index contributed by atoms with van der Waals surface area (Å²) in [4.78, 5) is 2.42. The summed E-state index contributed by atoms with van der Waals surface area (Å²) < 4.78 is 0.902. The molecule has 1 atom stereocenters. The highest BCUT2D eigenvalue weighted by molar-refractivity contribution is 9.10. The quantitative estimate of drug-likeness (QED) is 0.841. The van der Waals surface area contributed by atoms with E-state index in [0.29, 0.717) is 5.02 Å². The third kappa shape index (κ3) is 3.48. The second-order valence-corrected chi connectivity index (χ2v) is 7.70. The summed E-state index contributed by atoms with van der Waals surface area (Å²) in [5.74, 6) is 0.202. The molecule has 0 spiro atoms. The van der Waals surface area contributed by atoms with Gasteiger partial charge in [-0.1, -0.05) is 48.3 Å². The minimum atomic E-state index is 0.0128. The van der Waals surface area contributed by atoms with Crippen molar-refractivity contribution in [1.82, 2.24) is 10.2 Å². The monoisotopic (exact) mass is 360 g/mol. The van der Waals surface area contributed by atoms with E-state index in [4.69, 9.17) is 11.6 Å². The molecule has 2 N–H and O–H groups in total. The number of halogens is 2. The molecule has 0 saturated carbocycles. The van der Waals surface area contributed by atoms with Crippen molar-refractivity contribution in [1.29, 1.82) is 0 Å². The molecule has 2 rings (SSSR count). The summed E-state index contributed by atoms with van der Waals surface area (Å²) >= 11 is 9.62. The van der Waals surface area contributed by atoms with Crippen molar-refractivity contribution in [3.8, 4) is 5.75 Å². The van der Waals surface area contributed by atoms with Crippen LogP contribution in [0.25, 0.3) is 0 Å². The number of aromatic hydroxyl groups is 1. The van der Waals surface area contributed by atoms with Gasteiger partial charge in [0.15, 0.2) is 0 Å². The minimum absolute atomic E-state index is 0.0128. The van der Waals surface area contributed by atoms with Gasteiger partial charge in [0.25, 0.3) is 0 Å². The molecule has 3 nitrogen and oxygen atoms in total. The first-order valence-corrected chi connectivity index (χ1v) is 8.10. The topological polar surface area (TPSA) is 35.5 Å². The zero-order chi connectivity index (χ0) is 14.9. The van der Waals surface area contributed by atoms with Crippen LogP contribution in [0.4, 0.5) is 0 Å². The summed E-state index contributed by atoms with van der Waals surface area (Å²) in [6.07, 6.45) is 0. The van der Waals surface area contributed by atoms with Gasteiger partial charge >= 0.3 is 0 Å². The molecule has 5 heteroatoms. The van der Waals surface area contributed by atoms with Crippen LogP contribution in [0.15, 0.2) is 16.6 Å². The molecule has 0 aromatic heterocycles. The van der Waals surface area contributed by atoms with E-state index < -0.39 is 0 Å². The Morgan fingerprint density at radius 1 is 1.30 bits per heavy atom. The Balaban J connectivity index is 2.46. The lowest BCUT2D eigenvalue weighted by molar-refractivity contribution is 0.0842. The molecule has 1 fully saturated rings. The highest BCUT2D eigenvalue weighted by atomic mass is 79.9. The lowest BCUT2D eigenvalue weighted by Gasteiger charge is -2.43. The highest BCUT2D eigenvalue weighted by Gasteiger charge is 2.34. The fourth-order valence-corrected chi connectivity index (χ4v) is 3.78. The molecule has 1 saturated heterocycles. The Morgan fingerprint density at radius 2 is 1.90 bits per heavy atom. The lowest BCUT2D eigenvalue weighted by Crippen LogP contribution is -2.48. The van der Waals surface area contributed by atoms with Gasteiger partial charge in [-0.3, -0.25) is 4.90 Å². The molecule has 1 aliphatic rings. The number of piperazine rings is 1. The van der Waals surface area contributed by atoms with E-state index in [2.05, 4.69) is 46.9 Å². The van der Waals surface area contributed by atoms with Crippen LogP contribution in [-0.4, -0.2) is 36.2 Å². The zero-order valence-corrected chi connectivity index (χ0v) is 14.6. The van der Waals surface area contributed by atoms with E-state index in [0.717, 1.165) is 36.2 Å². The van der Waals surface area contributed by atoms with Crippen LogP contribution in [0.2, 0.25) is 5.02 Å². The number of hydrogen-bond acceptors (Lipinski definition) is 3. The van der Waals surface area contributed by atoms with Crippen LogP contribution in [0, 0.1) is 5.41 Å². The Bertz CT molecular complexity index is 481. The van der Waals surface area contributed by atoms with Crippen LogP contribution < -0.4 is 5.32 Å². The molecule has 112 valence electrons. The van der Waals surface area contributed by atoms with E-state index in [9.17, 15) is 5.11 Å². The maximum atomic E-state index is 10.4. The summed E-state index contributed by atoms with van der Waals surface area (Å²) in [6, 6.07) is 3.86. The van der Waals surface area contributed by atoms with Gasteiger partial charge in [0.05, 0.1) is 5.02 Å². The smallest absolute Gasteiger partial charge is 0.139 e. The van der Waals surface area contributed by atoms with Gasteiger partial charge < -0.3 is 10.4 Å². The second-order valence-electron chi connectivity index (χ2n) is 6.38. The zero-order valence-electron chi connectivity index (χ0n) is 12.2. The van der Waals surface area contributed by atoms with E-state index >= 15 is 0 Å². The minimum Gasteiger partial charge on any atom is -0.506 e. The van der Waals surface area contributed by atoms with Crippen molar-refractivity contribution >= 4 is 27.5 Å². The highest BCUT2D eigenvalue weighted by Crippen LogP contribution is 2.45. The Morgan fingerprint density at radius 3 is 2.45 bits per heavy atom. The Kier molecular flexibility index (Phi) is 5.00. The summed E-state index contributed by atoms with van der Waals surface area (Å²) in [6.45, 7) is 10.5. The van der Waals surface area contributed by atoms with E-state index in [1.807, 2.05) is 6.07 Å². The predicted octanol–water partition coefficient (Wildman–Crippen LogP) is 3.80. The molecule has 0 unspecified atom stereocenters. The van der Waals surface area contributed by atoms with Crippen LogP contribution >= 0.6 is 27.5 Å². The molecule has 0 radical (unpaired) electrons. The fraction of sp³-hybridized carbons (Fsp3) is 0.600. The normalized spacial score (nSPS) is 19.1. The number of phenols is 1. The fourth-order valence-electron chi connectivity index (χ4n) is 2.95. The molecule has 0 aliphatic carbocycles. The van der Waals surface area contributed by atoms with Crippen LogP contribution in [-0.2, 0) is 0 Å². The van der Waals surface area contributed by atoms with Gasteiger partial charge in [-0.25, -0.2) is 0 Å². The number of nitrogens with zero attached hydrogens (tertiary/aromatic N) is 1. The van der Waals surface area contributed by atoms with Crippen molar-refractivity contribution in [2.24, 2.45) is 5.41 Å². The third-order valence-corrected chi connectivity index (χ3v) is 4.44. The van der Waals surface area contributed by atoms with Crippen molar-refractivity contribution in [3.63, 3.8) is 0 Å². The van der Waals surface area contributed by atoms with Crippen LogP contribution in [0.3, 0.4) is 0 Å². The van der Waals surface area contributed by atoms with Crippen LogP contribution in [0.5, 0.6) is 5.75 Å². The van der Waals surface area contributed by atoms with Crippen LogP contribution in [0.1, 0.15) is 32.4 Å². The summed E-state index contributed by atoms with van der Waals surface area (Å²) in [5.41, 5.74) is 0.914. The summed E-state index contributed by atoms with van der Waals surface area (Å²) in [5, 5.41) is 14.2. The van der Waals surface area contributed by atoms with Crippen molar-refractivity contribution < 1.29 is 5.11 Å². The number of nitrogens with one attached hydrogen (secondary N) is 1. The molecule has 20 heavy (non-hydrogen) atoms.